The molecule has 98 valence electrons. The quantitative estimate of drug-likeness (QED) is 0.626. The summed E-state index contributed by atoms with van der Waals surface area (Å²) in [5.74, 6) is -0.898. The molecule has 0 saturated heterocycles. The van der Waals surface area contributed by atoms with Gasteiger partial charge < -0.3 is 9.64 Å². The fraction of sp³-hybridized carbons (Fsp3) is 0.385. The molecule has 0 unspecified atom stereocenters. The van der Waals surface area contributed by atoms with Gasteiger partial charge in [0.15, 0.2) is 0 Å². The van der Waals surface area contributed by atoms with Gasteiger partial charge in [-0.05, 0) is 38.1 Å². The fourth-order valence-electron chi connectivity index (χ4n) is 1.54. The van der Waals surface area contributed by atoms with Crippen molar-refractivity contribution in [1.82, 2.24) is 0 Å². The van der Waals surface area contributed by atoms with Crippen LogP contribution in [-0.4, -0.2) is 26.0 Å². The molecule has 5 heteroatoms. The zero-order valence-corrected chi connectivity index (χ0v) is 11.6. The monoisotopic (exact) mass is 269 g/mol. The Bertz CT molecular complexity index is 454. The molecule has 18 heavy (non-hydrogen) atoms. The molecule has 0 fully saturated rings. The van der Waals surface area contributed by atoms with E-state index >= 15 is 0 Å². The van der Waals surface area contributed by atoms with Crippen LogP contribution in [-0.2, 0) is 14.3 Å². The van der Waals surface area contributed by atoms with Crippen molar-refractivity contribution >= 4 is 29.2 Å². The highest BCUT2D eigenvalue weighted by atomic mass is 35.5. The fourth-order valence-corrected chi connectivity index (χ4v) is 1.67. The van der Waals surface area contributed by atoms with Crippen LogP contribution >= 0.6 is 11.6 Å². The lowest BCUT2D eigenvalue weighted by Crippen LogP contribution is -2.44. The molecule has 0 heterocycles. The largest absolute Gasteiger partial charge is 0.468 e. The van der Waals surface area contributed by atoms with Crippen molar-refractivity contribution in [3.05, 3.63) is 29.3 Å². The molecule has 0 atom stereocenters. The normalized spacial score (nSPS) is 10.9. The second-order valence-electron chi connectivity index (χ2n) is 4.46. The summed E-state index contributed by atoms with van der Waals surface area (Å²) in [7, 11) is 2.87. The minimum Gasteiger partial charge on any atom is -0.468 e. The van der Waals surface area contributed by atoms with Gasteiger partial charge in [0.2, 0.25) is 5.91 Å². The van der Waals surface area contributed by atoms with E-state index < -0.39 is 11.4 Å². The molecule has 1 aromatic rings. The van der Waals surface area contributed by atoms with Crippen molar-refractivity contribution in [1.29, 1.82) is 0 Å². The molecule has 1 amide bonds. The Labute approximate surface area is 111 Å². The zero-order chi connectivity index (χ0) is 13.9. The Hall–Kier alpha value is -1.55. The molecule has 0 saturated carbocycles. The van der Waals surface area contributed by atoms with Crippen molar-refractivity contribution in [2.24, 2.45) is 5.41 Å². The molecule has 1 rings (SSSR count). The Balaban J connectivity index is 2.97. The average molecular weight is 270 g/mol. The van der Waals surface area contributed by atoms with Crippen molar-refractivity contribution in [2.45, 2.75) is 13.8 Å². The summed E-state index contributed by atoms with van der Waals surface area (Å²) >= 11 is 5.78. The van der Waals surface area contributed by atoms with Gasteiger partial charge in [-0.25, -0.2) is 0 Å². The van der Waals surface area contributed by atoms with Gasteiger partial charge >= 0.3 is 5.97 Å². The third-order valence-electron chi connectivity index (χ3n) is 2.75. The van der Waals surface area contributed by atoms with E-state index in [1.807, 2.05) is 0 Å². The van der Waals surface area contributed by atoms with Crippen LogP contribution in [0.2, 0.25) is 5.02 Å². The van der Waals surface area contributed by atoms with Crippen LogP contribution in [0.15, 0.2) is 24.3 Å². The van der Waals surface area contributed by atoms with Crippen molar-refractivity contribution in [3.63, 3.8) is 0 Å². The summed E-state index contributed by atoms with van der Waals surface area (Å²) in [6, 6.07) is 6.80. The number of hydrogen-bond acceptors (Lipinski definition) is 3. The number of halogens is 1. The minimum atomic E-state index is -1.22. The summed E-state index contributed by atoms with van der Waals surface area (Å²) in [5, 5.41) is 0.590. The predicted octanol–water partition coefficient (Wildman–Crippen LogP) is 2.50. The number of benzene rings is 1. The third kappa shape index (κ3) is 2.82. The minimum absolute atomic E-state index is 0.336. The van der Waals surface area contributed by atoms with Gasteiger partial charge in [0.1, 0.15) is 5.41 Å². The van der Waals surface area contributed by atoms with Crippen LogP contribution in [0.5, 0.6) is 0 Å². The average Bonchev–Trinajstić information content (AvgIpc) is 2.36. The van der Waals surface area contributed by atoms with E-state index in [0.29, 0.717) is 10.7 Å². The number of carbonyl (C=O) groups excluding carboxylic acids is 2. The Morgan fingerprint density at radius 2 is 1.72 bits per heavy atom. The van der Waals surface area contributed by atoms with Gasteiger partial charge in [0.25, 0.3) is 0 Å². The molecule has 0 radical (unpaired) electrons. The molecule has 1 aromatic carbocycles. The first-order valence-corrected chi connectivity index (χ1v) is 5.80. The van der Waals surface area contributed by atoms with Gasteiger partial charge in [-0.3, -0.25) is 9.59 Å². The lowest BCUT2D eigenvalue weighted by molar-refractivity contribution is -0.155. The third-order valence-corrected chi connectivity index (χ3v) is 3.00. The maximum absolute atomic E-state index is 12.2. The molecule has 0 spiro atoms. The number of esters is 1. The second-order valence-corrected chi connectivity index (χ2v) is 4.89. The summed E-state index contributed by atoms with van der Waals surface area (Å²) in [5.41, 5.74) is -0.551. The molecule has 0 N–H and O–H groups in total. The summed E-state index contributed by atoms with van der Waals surface area (Å²) in [6.07, 6.45) is 0. The van der Waals surface area contributed by atoms with Crippen LogP contribution in [0.4, 0.5) is 5.69 Å². The number of amides is 1. The van der Waals surface area contributed by atoms with Gasteiger partial charge in [-0.1, -0.05) is 11.6 Å². The highest BCUT2D eigenvalue weighted by Gasteiger charge is 2.39. The molecule has 0 aromatic heterocycles. The van der Waals surface area contributed by atoms with Crippen molar-refractivity contribution in [3.8, 4) is 0 Å². The van der Waals surface area contributed by atoms with Crippen LogP contribution in [0, 0.1) is 5.41 Å². The SMILES string of the molecule is COC(=O)C(C)(C)C(=O)N(C)c1ccc(Cl)cc1. The maximum atomic E-state index is 12.2. The van der Waals surface area contributed by atoms with E-state index in [0.717, 1.165) is 0 Å². The smallest absolute Gasteiger partial charge is 0.320 e. The van der Waals surface area contributed by atoms with Crippen LogP contribution in [0.25, 0.3) is 0 Å². The van der Waals surface area contributed by atoms with Gasteiger partial charge in [-0.2, -0.15) is 0 Å². The molecule has 0 aliphatic rings. The van der Waals surface area contributed by atoms with Crippen molar-refractivity contribution in [2.75, 3.05) is 19.1 Å². The maximum Gasteiger partial charge on any atom is 0.320 e. The molecule has 4 nitrogen and oxygen atoms in total. The Morgan fingerprint density at radius 1 is 1.22 bits per heavy atom. The number of rotatable bonds is 3. The first-order valence-electron chi connectivity index (χ1n) is 5.43. The number of methoxy groups -OCH3 is 1. The van der Waals surface area contributed by atoms with E-state index in [1.54, 1.807) is 31.3 Å². The van der Waals surface area contributed by atoms with Crippen molar-refractivity contribution < 1.29 is 14.3 Å². The number of carbonyl (C=O) groups is 2. The van der Waals surface area contributed by atoms with Gasteiger partial charge in [0, 0.05) is 17.8 Å². The molecule has 0 aliphatic carbocycles. The summed E-state index contributed by atoms with van der Waals surface area (Å²) in [6.45, 7) is 3.07. The first kappa shape index (κ1) is 14.5. The van der Waals surface area contributed by atoms with Crippen LogP contribution in [0.1, 0.15) is 13.8 Å². The Kier molecular flexibility index (Phi) is 4.35. The molecular formula is C13H16ClNO3. The summed E-state index contributed by atoms with van der Waals surface area (Å²) < 4.78 is 4.63. The topological polar surface area (TPSA) is 46.6 Å². The zero-order valence-electron chi connectivity index (χ0n) is 10.9. The number of anilines is 1. The lowest BCUT2D eigenvalue weighted by Gasteiger charge is -2.27. The predicted molar refractivity (Wildman–Crippen MR) is 70.7 cm³/mol. The number of hydrogen-bond donors (Lipinski definition) is 0. The van der Waals surface area contributed by atoms with Gasteiger partial charge in [0.05, 0.1) is 7.11 Å². The molecular weight excluding hydrogens is 254 g/mol. The van der Waals surface area contributed by atoms with E-state index in [4.69, 9.17) is 11.6 Å². The van der Waals surface area contributed by atoms with E-state index in [1.165, 1.54) is 25.9 Å². The molecule has 0 bridgehead atoms. The standard InChI is InChI=1S/C13H16ClNO3/c1-13(2,12(17)18-4)11(16)15(3)10-7-5-9(14)6-8-10/h5-8H,1-4H3. The Morgan fingerprint density at radius 3 is 2.17 bits per heavy atom. The first-order chi connectivity index (χ1) is 8.30. The second kappa shape index (κ2) is 5.40. The van der Waals surface area contributed by atoms with E-state index in [2.05, 4.69) is 4.74 Å². The lowest BCUT2D eigenvalue weighted by atomic mass is 9.91. The highest BCUT2D eigenvalue weighted by molar-refractivity contribution is 6.30. The molecule has 0 aliphatic heterocycles. The number of nitrogens with zero attached hydrogens (tertiary/aromatic N) is 1. The highest BCUT2D eigenvalue weighted by Crippen LogP contribution is 2.25. The van der Waals surface area contributed by atoms with Crippen LogP contribution in [0.3, 0.4) is 0 Å². The van der Waals surface area contributed by atoms with Gasteiger partial charge in [-0.15, -0.1) is 0 Å². The van der Waals surface area contributed by atoms with E-state index in [9.17, 15) is 9.59 Å². The van der Waals surface area contributed by atoms with E-state index in [-0.39, 0.29) is 5.91 Å². The number of ether oxygens (including phenoxy) is 1. The summed E-state index contributed by atoms with van der Waals surface area (Å²) in [4.78, 5) is 25.2. The van der Waals surface area contributed by atoms with Crippen LogP contribution < -0.4 is 4.90 Å².